The van der Waals surface area contributed by atoms with Crippen LogP contribution in [-0.4, -0.2) is 27.7 Å². The zero-order valence-electron chi connectivity index (χ0n) is 10.8. The third-order valence-electron chi connectivity index (χ3n) is 2.86. The van der Waals surface area contributed by atoms with Gasteiger partial charge < -0.3 is 15.3 Å². The molecule has 0 unspecified atom stereocenters. The molecule has 0 aliphatic carbocycles. The van der Waals surface area contributed by atoms with Crippen LogP contribution < -0.4 is 0 Å². The van der Waals surface area contributed by atoms with Crippen molar-refractivity contribution in [2.75, 3.05) is 0 Å². The maximum Gasteiger partial charge on any atom is 0.430 e. The Kier molecular flexibility index (Phi) is 3.99. The molecular weight excluding hydrogens is 306 g/mol. The first-order valence-electron chi connectivity index (χ1n) is 5.54. The van der Waals surface area contributed by atoms with Crippen molar-refractivity contribution in [3.05, 3.63) is 29.3 Å². The van der Waals surface area contributed by atoms with Crippen molar-refractivity contribution in [3.8, 4) is 5.75 Å². The molecule has 1 aromatic carbocycles. The predicted octanol–water partition coefficient (Wildman–Crippen LogP) is 2.93. The second-order valence-electron chi connectivity index (χ2n) is 5.03. The molecule has 0 saturated carbocycles. The Bertz CT molecular complexity index is 513. The maximum absolute atomic E-state index is 12.7. The van der Waals surface area contributed by atoms with Crippen LogP contribution in [0.1, 0.15) is 25.0 Å². The number of alkyl halides is 6. The van der Waals surface area contributed by atoms with Gasteiger partial charge in [0.05, 0.1) is 5.60 Å². The molecule has 0 aliphatic rings. The van der Waals surface area contributed by atoms with Gasteiger partial charge in [0, 0.05) is 5.56 Å². The third kappa shape index (κ3) is 3.08. The summed E-state index contributed by atoms with van der Waals surface area (Å²) < 4.78 is 76.4. The lowest BCUT2D eigenvalue weighted by Gasteiger charge is -2.33. The van der Waals surface area contributed by atoms with E-state index in [-0.39, 0.29) is 6.07 Å². The quantitative estimate of drug-likeness (QED) is 0.735. The van der Waals surface area contributed by atoms with E-state index in [0.29, 0.717) is 6.07 Å². The summed E-state index contributed by atoms with van der Waals surface area (Å²) in [5.74, 6) is -0.948. The predicted molar refractivity (Wildman–Crippen MR) is 59.4 cm³/mol. The molecule has 0 atom stereocenters. The SMILES string of the molecule is CC(C)(O)c1cc(O)cc(C(O)(C(F)(F)F)C(F)(F)F)c1. The largest absolute Gasteiger partial charge is 0.508 e. The molecule has 0 fully saturated rings. The molecule has 0 bridgehead atoms. The van der Waals surface area contributed by atoms with E-state index in [2.05, 4.69) is 0 Å². The fourth-order valence-corrected chi connectivity index (χ4v) is 1.66. The summed E-state index contributed by atoms with van der Waals surface area (Å²) in [7, 11) is 0. The summed E-state index contributed by atoms with van der Waals surface area (Å²) in [6, 6.07) is 1.30. The second kappa shape index (κ2) is 4.77. The van der Waals surface area contributed by atoms with Crippen LogP contribution in [0.3, 0.4) is 0 Å². The Labute approximate surface area is 115 Å². The number of aliphatic hydroxyl groups is 2. The monoisotopic (exact) mass is 318 g/mol. The Morgan fingerprint density at radius 2 is 1.14 bits per heavy atom. The van der Waals surface area contributed by atoms with Crippen LogP contribution in [0.15, 0.2) is 18.2 Å². The number of rotatable bonds is 2. The van der Waals surface area contributed by atoms with Gasteiger partial charge in [-0.15, -0.1) is 0 Å². The molecule has 0 radical (unpaired) electrons. The van der Waals surface area contributed by atoms with Gasteiger partial charge in [-0.3, -0.25) is 0 Å². The van der Waals surface area contributed by atoms with Crippen molar-refractivity contribution in [3.63, 3.8) is 0 Å². The molecule has 0 aromatic heterocycles. The normalized spacial score (nSPS) is 14.4. The summed E-state index contributed by atoms with van der Waals surface area (Å²) in [4.78, 5) is 0. The van der Waals surface area contributed by atoms with Gasteiger partial charge in [-0.2, -0.15) is 26.3 Å². The van der Waals surface area contributed by atoms with Crippen LogP contribution in [0.2, 0.25) is 0 Å². The molecule has 9 heteroatoms. The highest BCUT2D eigenvalue weighted by Crippen LogP contribution is 2.51. The molecular formula is C12H12F6O3. The highest BCUT2D eigenvalue weighted by Gasteiger charge is 2.71. The highest BCUT2D eigenvalue weighted by atomic mass is 19.4. The molecule has 1 aromatic rings. The average Bonchev–Trinajstić information content (AvgIpc) is 2.22. The Morgan fingerprint density at radius 1 is 0.762 bits per heavy atom. The Balaban J connectivity index is 3.66. The first-order chi connectivity index (χ1) is 9.10. The minimum atomic E-state index is -6.06. The molecule has 120 valence electrons. The van der Waals surface area contributed by atoms with Gasteiger partial charge >= 0.3 is 12.4 Å². The molecule has 0 saturated heterocycles. The van der Waals surface area contributed by atoms with E-state index in [9.17, 15) is 41.7 Å². The van der Waals surface area contributed by atoms with Crippen LogP contribution in [-0.2, 0) is 11.2 Å². The summed E-state index contributed by atoms with van der Waals surface area (Å²) in [5.41, 5.74) is -9.01. The Hall–Kier alpha value is -1.48. The van der Waals surface area contributed by atoms with Crippen molar-refractivity contribution in [1.29, 1.82) is 0 Å². The van der Waals surface area contributed by atoms with Crippen molar-refractivity contribution in [2.24, 2.45) is 0 Å². The molecule has 1 rings (SSSR count). The minimum Gasteiger partial charge on any atom is -0.508 e. The molecule has 0 heterocycles. The fraction of sp³-hybridized carbons (Fsp3) is 0.500. The summed E-state index contributed by atoms with van der Waals surface area (Å²) in [6.07, 6.45) is -12.1. The third-order valence-corrected chi connectivity index (χ3v) is 2.86. The molecule has 3 N–H and O–H groups in total. The average molecular weight is 318 g/mol. The minimum absolute atomic E-state index is 0.149. The van der Waals surface area contributed by atoms with Gasteiger partial charge in [-0.1, -0.05) is 0 Å². The van der Waals surface area contributed by atoms with Crippen LogP contribution in [0.4, 0.5) is 26.3 Å². The van der Waals surface area contributed by atoms with Gasteiger partial charge in [-0.25, -0.2) is 0 Å². The van der Waals surface area contributed by atoms with Gasteiger partial charge in [0.1, 0.15) is 5.75 Å². The summed E-state index contributed by atoms with van der Waals surface area (Å²) in [6.45, 7) is 2.21. The van der Waals surface area contributed by atoms with Crippen molar-refractivity contribution < 1.29 is 41.7 Å². The van der Waals surface area contributed by atoms with Gasteiger partial charge in [0.15, 0.2) is 0 Å². The fourth-order valence-electron chi connectivity index (χ4n) is 1.66. The second-order valence-corrected chi connectivity index (χ2v) is 5.03. The highest BCUT2D eigenvalue weighted by molar-refractivity contribution is 5.40. The van der Waals surface area contributed by atoms with E-state index in [4.69, 9.17) is 0 Å². The van der Waals surface area contributed by atoms with Crippen molar-refractivity contribution in [2.45, 2.75) is 37.4 Å². The van der Waals surface area contributed by atoms with Crippen LogP contribution >= 0.6 is 0 Å². The number of hydrogen-bond acceptors (Lipinski definition) is 3. The van der Waals surface area contributed by atoms with E-state index in [1.54, 1.807) is 0 Å². The number of phenols is 1. The van der Waals surface area contributed by atoms with Gasteiger partial charge in [0.25, 0.3) is 5.60 Å². The van der Waals surface area contributed by atoms with Crippen molar-refractivity contribution >= 4 is 0 Å². The number of halogens is 6. The lowest BCUT2D eigenvalue weighted by atomic mass is 9.87. The lowest BCUT2D eigenvalue weighted by Crippen LogP contribution is -2.54. The zero-order valence-corrected chi connectivity index (χ0v) is 10.8. The van der Waals surface area contributed by atoms with Crippen molar-refractivity contribution in [1.82, 2.24) is 0 Å². The molecule has 0 aliphatic heterocycles. The number of hydrogen-bond donors (Lipinski definition) is 3. The number of phenolic OH excluding ortho intramolecular Hbond substituents is 1. The molecule has 0 spiro atoms. The smallest absolute Gasteiger partial charge is 0.430 e. The lowest BCUT2D eigenvalue weighted by molar-refractivity contribution is -0.376. The Morgan fingerprint density at radius 3 is 1.48 bits per heavy atom. The van der Waals surface area contributed by atoms with Crippen LogP contribution in [0.5, 0.6) is 5.75 Å². The zero-order chi connectivity index (χ0) is 16.9. The standard InChI is InChI=1S/C12H12F6O3/c1-9(2,20)6-3-7(5-8(19)4-6)10(21,11(13,14)15)12(16,17)18/h3-5,19-21H,1-2H3. The van der Waals surface area contributed by atoms with Gasteiger partial charge in [-0.05, 0) is 37.6 Å². The first-order valence-corrected chi connectivity index (χ1v) is 5.54. The van der Waals surface area contributed by atoms with E-state index in [1.165, 1.54) is 0 Å². The van der Waals surface area contributed by atoms with E-state index < -0.39 is 40.4 Å². The van der Waals surface area contributed by atoms with Gasteiger partial charge in [0.2, 0.25) is 0 Å². The summed E-state index contributed by atoms with van der Waals surface area (Å²) >= 11 is 0. The number of benzene rings is 1. The molecule has 21 heavy (non-hydrogen) atoms. The maximum atomic E-state index is 12.7. The number of aromatic hydroxyl groups is 1. The first kappa shape index (κ1) is 17.6. The van der Waals surface area contributed by atoms with Crippen LogP contribution in [0, 0.1) is 0 Å². The van der Waals surface area contributed by atoms with Crippen LogP contribution in [0.25, 0.3) is 0 Å². The molecule has 3 nitrogen and oxygen atoms in total. The topological polar surface area (TPSA) is 60.7 Å². The molecule has 0 amide bonds. The van der Waals surface area contributed by atoms with E-state index in [0.717, 1.165) is 19.9 Å². The van der Waals surface area contributed by atoms with E-state index in [1.807, 2.05) is 0 Å². The summed E-state index contributed by atoms with van der Waals surface area (Å²) in [5, 5.41) is 28.2. The van der Waals surface area contributed by atoms with E-state index >= 15 is 0 Å².